The minimum Gasteiger partial charge on any atom is -0.366 e. The zero-order valence-electron chi connectivity index (χ0n) is 17.1. The lowest BCUT2D eigenvalue weighted by Crippen LogP contribution is -2.45. The first-order valence-electron chi connectivity index (χ1n) is 10.7. The van der Waals surface area contributed by atoms with Gasteiger partial charge < -0.3 is 10.6 Å². The highest BCUT2D eigenvalue weighted by Crippen LogP contribution is 2.31. The van der Waals surface area contributed by atoms with E-state index in [0.717, 1.165) is 48.4 Å². The number of rotatable bonds is 4. The highest BCUT2D eigenvalue weighted by molar-refractivity contribution is 5.97. The molecule has 2 aliphatic rings. The van der Waals surface area contributed by atoms with Crippen molar-refractivity contribution < 1.29 is 9.59 Å². The van der Waals surface area contributed by atoms with Gasteiger partial charge in [-0.1, -0.05) is 25.1 Å². The molecule has 2 amide bonds. The van der Waals surface area contributed by atoms with Gasteiger partial charge in [-0.2, -0.15) is 0 Å². The van der Waals surface area contributed by atoms with E-state index < -0.39 is 5.91 Å². The predicted molar refractivity (Wildman–Crippen MR) is 114 cm³/mol. The number of para-hydroxylation sites is 1. The summed E-state index contributed by atoms with van der Waals surface area (Å²) < 4.78 is 0. The van der Waals surface area contributed by atoms with Crippen molar-refractivity contribution in [2.75, 3.05) is 32.7 Å². The lowest BCUT2D eigenvalue weighted by Gasteiger charge is -2.35. The van der Waals surface area contributed by atoms with Crippen LogP contribution in [0.2, 0.25) is 0 Å². The largest absolute Gasteiger partial charge is 0.366 e. The molecule has 1 aromatic carbocycles. The van der Waals surface area contributed by atoms with Crippen LogP contribution in [0.1, 0.15) is 54.6 Å². The summed E-state index contributed by atoms with van der Waals surface area (Å²) in [6, 6.07) is 9.64. The Morgan fingerprint density at radius 2 is 1.76 bits per heavy atom. The van der Waals surface area contributed by atoms with Crippen LogP contribution >= 0.6 is 0 Å². The average molecular weight is 395 g/mol. The lowest BCUT2D eigenvalue weighted by atomic mass is 9.89. The van der Waals surface area contributed by atoms with Gasteiger partial charge in [-0.05, 0) is 56.8 Å². The number of carbonyl (C=O) groups excluding carboxylic acids is 2. The SMILES string of the molecule is CC1CCN(CC(=O)N2CCC(c3nc4ccccc4cc3C(N)=O)CC2)CC1. The Morgan fingerprint density at radius 1 is 1.07 bits per heavy atom. The van der Waals surface area contributed by atoms with Crippen LogP contribution in [0.4, 0.5) is 0 Å². The van der Waals surface area contributed by atoms with E-state index >= 15 is 0 Å². The monoisotopic (exact) mass is 394 g/mol. The zero-order valence-corrected chi connectivity index (χ0v) is 17.1. The molecule has 0 unspecified atom stereocenters. The van der Waals surface area contributed by atoms with E-state index in [2.05, 4.69) is 11.8 Å². The Kier molecular flexibility index (Phi) is 5.81. The molecule has 2 aromatic rings. The maximum Gasteiger partial charge on any atom is 0.250 e. The molecule has 0 bridgehead atoms. The van der Waals surface area contributed by atoms with Crippen molar-refractivity contribution in [1.29, 1.82) is 0 Å². The Hall–Kier alpha value is -2.47. The van der Waals surface area contributed by atoms with Crippen LogP contribution in [0.5, 0.6) is 0 Å². The molecular formula is C23H30N4O2. The fourth-order valence-corrected chi connectivity index (χ4v) is 4.55. The molecular weight excluding hydrogens is 364 g/mol. The third kappa shape index (κ3) is 4.42. The first-order valence-corrected chi connectivity index (χ1v) is 10.7. The summed E-state index contributed by atoms with van der Waals surface area (Å²) in [5.74, 6) is 0.712. The molecule has 0 spiro atoms. The number of primary amides is 1. The van der Waals surface area contributed by atoms with Crippen LogP contribution in [-0.4, -0.2) is 59.3 Å². The molecule has 2 N–H and O–H groups in total. The van der Waals surface area contributed by atoms with E-state index in [1.807, 2.05) is 35.2 Å². The van der Waals surface area contributed by atoms with Crippen molar-refractivity contribution in [3.63, 3.8) is 0 Å². The number of hydrogen-bond acceptors (Lipinski definition) is 4. The molecule has 6 heteroatoms. The predicted octanol–water partition coefficient (Wildman–Crippen LogP) is 2.77. The minimum absolute atomic E-state index is 0.155. The van der Waals surface area contributed by atoms with Gasteiger partial charge in [-0.25, -0.2) is 0 Å². The van der Waals surface area contributed by atoms with Crippen LogP contribution in [-0.2, 0) is 4.79 Å². The topological polar surface area (TPSA) is 79.5 Å². The van der Waals surface area contributed by atoms with Crippen LogP contribution in [0.3, 0.4) is 0 Å². The number of nitrogens with zero attached hydrogens (tertiary/aromatic N) is 3. The lowest BCUT2D eigenvalue weighted by molar-refractivity contribution is -0.133. The quantitative estimate of drug-likeness (QED) is 0.865. The van der Waals surface area contributed by atoms with E-state index in [4.69, 9.17) is 10.7 Å². The zero-order chi connectivity index (χ0) is 20.4. The smallest absolute Gasteiger partial charge is 0.250 e. The summed E-state index contributed by atoms with van der Waals surface area (Å²) in [7, 11) is 0. The molecule has 0 radical (unpaired) electrons. The van der Waals surface area contributed by atoms with Gasteiger partial charge in [0.25, 0.3) is 5.91 Å². The van der Waals surface area contributed by atoms with Crippen molar-refractivity contribution in [1.82, 2.24) is 14.8 Å². The molecule has 0 aliphatic carbocycles. The average Bonchev–Trinajstić information content (AvgIpc) is 2.74. The van der Waals surface area contributed by atoms with Crippen molar-refractivity contribution in [2.45, 2.75) is 38.5 Å². The summed E-state index contributed by atoms with van der Waals surface area (Å²) in [6.45, 7) is 6.27. The van der Waals surface area contributed by atoms with Crippen LogP contribution in [0, 0.1) is 5.92 Å². The van der Waals surface area contributed by atoms with Gasteiger partial charge >= 0.3 is 0 Å². The molecule has 0 saturated carbocycles. The number of nitrogens with two attached hydrogens (primary N) is 1. The van der Waals surface area contributed by atoms with Crippen LogP contribution in [0.25, 0.3) is 10.9 Å². The molecule has 2 fully saturated rings. The fourth-order valence-electron chi connectivity index (χ4n) is 4.55. The summed E-state index contributed by atoms with van der Waals surface area (Å²) in [5.41, 5.74) is 7.83. The molecule has 6 nitrogen and oxygen atoms in total. The summed E-state index contributed by atoms with van der Waals surface area (Å²) in [5, 5.41) is 0.925. The maximum atomic E-state index is 12.7. The Morgan fingerprint density at radius 3 is 2.45 bits per heavy atom. The van der Waals surface area contributed by atoms with Crippen molar-refractivity contribution in [3.8, 4) is 0 Å². The second-order valence-corrected chi connectivity index (χ2v) is 8.59. The number of amides is 2. The molecule has 29 heavy (non-hydrogen) atoms. The van der Waals surface area contributed by atoms with Gasteiger partial charge in [-0.3, -0.25) is 19.5 Å². The number of fused-ring (bicyclic) bond motifs is 1. The van der Waals surface area contributed by atoms with Gasteiger partial charge in [0, 0.05) is 24.4 Å². The first kappa shape index (κ1) is 19.8. The minimum atomic E-state index is -0.434. The molecule has 2 aliphatic heterocycles. The van der Waals surface area contributed by atoms with E-state index in [1.54, 1.807) is 0 Å². The molecule has 4 rings (SSSR count). The number of pyridine rings is 1. The van der Waals surface area contributed by atoms with Gasteiger partial charge in [-0.15, -0.1) is 0 Å². The molecule has 1 aromatic heterocycles. The summed E-state index contributed by atoms with van der Waals surface area (Å²) >= 11 is 0. The van der Waals surface area contributed by atoms with E-state index in [-0.39, 0.29) is 11.8 Å². The van der Waals surface area contributed by atoms with Gasteiger partial charge in [0.2, 0.25) is 5.91 Å². The summed E-state index contributed by atoms with van der Waals surface area (Å²) in [6.07, 6.45) is 3.99. The van der Waals surface area contributed by atoms with Crippen molar-refractivity contribution in [3.05, 3.63) is 41.6 Å². The Balaban J connectivity index is 1.42. The maximum absolute atomic E-state index is 12.7. The molecule has 0 atom stereocenters. The number of benzene rings is 1. The highest BCUT2D eigenvalue weighted by atomic mass is 16.2. The second kappa shape index (κ2) is 8.49. The Bertz CT molecular complexity index is 897. The third-order valence-electron chi connectivity index (χ3n) is 6.49. The van der Waals surface area contributed by atoms with E-state index in [1.165, 1.54) is 12.8 Å². The number of aromatic nitrogens is 1. The highest BCUT2D eigenvalue weighted by Gasteiger charge is 2.29. The Labute approximate surface area is 172 Å². The van der Waals surface area contributed by atoms with Crippen molar-refractivity contribution in [2.24, 2.45) is 11.7 Å². The summed E-state index contributed by atoms with van der Waals surface area (Å²) in [4.78, 5) is 33.8. The molecule has 154 valence electrons. The number of carbonyl (C=O) groups is 2. The normalized spacial score (nSPS) is 19.6. The standard InChI is InChI=1S/C23H30N4O2/c1-16-6-10-26(11-7-16)15-21(28)27-12-8-17(9-13-27)22-19(23(24)29)14-18-4-2-3-5-20(18)25-22/h2-5,14,16-17H,6-13,15H2,1H3,(H2,24,29). The number of hydrogen-bond donors (Lipinski definition) is 1. The molecule has 3 heterocycles. The van der Waals surface area contributed by atoms with Gasteiger partial charge in [0.1, 0.15) is 0 Å². The van der Waals surface area contributed by atoms with E-state index in [9.17, 15) is 9.59 Å². The van der Waals surface area contributed by atoms with Crippen LogP contribution < -0.4 is 5.73 Å². The second-order valence-electron chi connectivity index (χ2n) is 8.59. The number of likely N-dealkylation sites (tertiary alicyclic amines) is 2. The van der Waals surface area contributed by atoms with E-state index in [0.29, 0.717) is 25.2 Å². The third-order valence-corrected chi connectivity index (χ3v) is 6.49. The number of piperidine rings is 2. The fraction of sp³-hybridized carbons (Fsp3) is 0.522. The first-order chi connectivity index (χ1) is 14.0. The van der Waals surface area contributed by atoms with Gasteiger partial charge in [0.05, 0.1) is 23.3 Å². The van der Waals surface area contributed by atoms with Crippen LogP contribution in [0.15, 0.2) is 30.3 Å². The van der Waals surface area contributed by atoms with Crippen molar-refractivity contribution >= 4 is 22.7 Å². The van der Waals surface area contributed by atoms with Gasteiger partial charge in [0.15, 0.2) is 0 Å². The molecule has 2 saturated heterocycles.